The maximum atomic E-state index is 11.2. The molecule has 0 aliphatic heterocycles. The topological polar surface area (TPSA) is 97.5 Å². The minimum absolute atomic E-state index is 0.0164. The quantitative estimate of drug-likeness (QED) is 0.668. The molecule has 1 fully saturated rings. The van der Waals surface area contributed by atoms with E-state index < -0.39 is 21.2 Å². The van der Waals surface area contributed by atoms with Crippen molar-refractivity contribution >= 4 is 15.8 Å². The number of aliphatic carboxylic acids is 1. The third-order valence-corrected chi connectivity index (χ3v) is 4.01. The summed E-state index contributed by atoms with van der Waals surface area (Å²) >= 11 is 0. The fraction of sp³-hybridized carbons (Fsp3) is 0.889. The molecule has 1 unspecified atom stereocenters. The summed E-state index contributed by atoms with van der Waals surface area (Å²) in [5.74, 6) is -1.01. The highest BCUT2D eigenvalue weighted by molar-refractivity contribution is 7.90. The fourth-order valence-corrected chi connectivity index (χ4v) is 2.58. The number of carboxylic acids is 1. The van der Waals surface area contributed by atoms with Gasteiger partial charge in [0, 0.05) is 12.8 Å². The number of sulfone groups is 1. The molecule has 1 atom stereocenters. The molecule has 0 aromatic carbocycles. The number of carboxylic acid groups (broad SMARTS) is 1. The van der Waals surface area contributed by atoms with Gasteiger partial charge in [-0.2, -0.15) is 0 Å². The summed E-state index contributed by atoms with van der Waals surface area (Å²) < 4.78 is 22.1. The lowest BCUT2D eigenvalue weighted by atomic mass is 9.80. The Hall–Kier alpha value is -0.620. The predicted molar refractivity (Wildman–Crippen MR) is 56.2 cm³/mol. The molecule has 88 valence electrons. The second kappa shape index (κ2) is 4.09. The van der Waals surface area contributed by atoms with E-state index in [2.05, 4.69) is 0 Å². The van der Waals surface area contributed by atoms with Gasteiger partial charge >= 0.3 is 5.97 Å². The standard InChI is InChI=1S/C9H17NO4S/c1-15(13,14)5-4-9(6-10,8(11)12)7-2-3-7/h7H,2-6,10H2,1H3,(H,11,12). The molecule has 0 heterocycles. The first kappa shape index (κ1) is 12.4. The van der Waals surface area contributed by atoms with Crippen LogP contribution in [0.1, 0.15) is 19.3 Å². The molecule has 0 amide bonds. The van der Waals surface area contributed by atoms with Crippen LogP contribution in [-0.4, -0.2) is 38.0 Å². The van der Waals surface area contributed by atoms with E-state index in [0.717, 1.165) is 19.1 Å². The monoisotopic (exact) mass is 235 g/mol. The third kappa shape index (κ3) is 2.92. The minimum atomic E-state index is -3.13. The maximum Gasteiger partial charge on any atom is 0.311 e. The van der Waals surface area contributed by atoms with Gasteiger partial charge in [-0.15, -0.1) is 0 Å². The Kier molecular flexibility index (Phi) is 3.40. The van der Waals surface area contributed by atoms with E-state index in [1.807, 2.05) is 0 Å². The van der Waals surface area contributed by atoms with Crippen molar-refractivity contribution in [3.8, 4) is 0 Å². The molecule has 0 spiro atoms. The average Bonchev–Trinajstić information content (AvgIpc) is 2.87. The number of carbonyl (C=O) groups is 1. The summed E-state index contributed by atoms with van der Waals surface area (Å²) in [6, 6.07) is 0. The Morgan fingerprint density at radius 3 is 2.33 bits per heavy atom. The smallest absolute Gasteiger partial charge is 0.311 e. The maximum absolute atomic E-state index is 11.2. The zero-order chi connectivity index (χ0) is 11.7. The molecule has 0 aromatic heterocycles. The van der Waals surface area contributed by atoms with Crippen LogP contribution in [0.2, 0.25) is 0 Å². The Morgan fingerprint density at radius 2 is 2.07 bits per heavy atom. The van der Waals surface area contributed by atoms with Gasteiger partial charge in [0.15, 0.2) is 0 Å². The van der Waals surface area contributed by atoms with Crippen LogP contribution in [0.4, 0.5) is 0 Å². The number of hydrogen-bond donors (Lipinski definition) is 2. The zero-order valence-corrected chi connectivity index (χ0v) is 9.59. The molecule has 5 nitrogen and oxygen atoms in total. The first-order valence-electron chi connectivity index (χ1n) is 4.93. The first-order chi connectivity index (χ1) is 6.82. The van der Waals surface area contributed by atoms with Gasteiger partial charge in [-0.1, -0.05) is 0 Å². The van der Waals surface area contributed by atoms with E-state index in [-0.39, 0.29) is 24.6 Å². The van der Waals surface area contributed by atoms with Crippen LogP contribution in [0.5, 0.6) is 0 Å². The molecule has 0 radical (unpaired) electrons. The summed E-state index contributed by atoms with van der Waals surface area (Å²) in [7, 11) is -3.13. The molecule has 1 rings (SSSR count). The molecule has 6 heteroatoms. The summed E-state index contributed by atoms with van der Waals surface area (Å²) in [5.41, 5.74) is 4.48. The number of rotatable bonds is 6. The summed E-state index contributed by atoms with van der Waals surface area (Å²) in [6.07, 6.45) is 2.92. The summed E-state index contributed by atoms with van der Waals surface area (Å²) in [5, 5.41) is 9.16. The lowest BCUT2D eigenvalue weighted by Crippen LogP contribution is -2.42. The predicted octanol–water partition coefficient (Wildman–Crippen LogP) is -0.139. The van der Waals surface area contributed by atoms with E-state index in [0.29, 0.717) is 0 Å². The molecule has 15 heavy (non-hydrogen) atoms. The second-order valence-corrected chi connectivity index (χ2v) is 6.58. The highest BCUT2D eigenvalue weighted by atomic mass is 32.2. The Morgan fingerprint density at radius 1 is 1.53 bits per heavy atom. The van der Waals surface area contributed by atoms with Crippen LogP contribution in [0.25, 0.3) is 0 Å². The Balaban J connectivity index is 2.76. The zero-order valence-electron chi connectivity index (χ0n) is 8.77. The van der Waals surface area contributed by atoms with Gasteiger partial charge in [0.05, 0.1) is 11.2 Å². The van der Waals surface area contributed by atoms with E-state index in [1.165, 1.54) is 0 Å². The van der Waals surface area contributed by atoms with Gasteiger partial charge in [0.1, 0.15) is 9.84 Å². The normalized spacial score (nSPS) is 20.9. The van der Waals surface area contributed by atoms with Gasteiger partial charge in [0.25, 0.3) is 0 Å². The molecule has 1 aliphatic rings. The van der Waals surface area contributed by atoms with Crippen molar-refractivity contribution < 1.29 is 18.3 Å². The van der Waals surface area contributed by atoms with Crippen molar-refractivity contribution in [2.75, 3.05) is 18.6 Å². The Labute approximate surface area is 89.6 Å². The van der Waals surface area contributed by atoms with Crippen molar-refractivity contribution in [2.45, 2.75) is 19.3 Å². The molecule has 1 saturated carbocycles. The molecule has 1 aliphatic carbocycles. The van der Waals surface area contributed by atoms with Gasteiger partial charge in [-0.05, 0) is 25.2 Å². The van der Waals surface area contributed by atoms with Crippen molar-refractivity contribution in [2.24, 2.45) is 17.1 Å². The van der Waals surface area contributed by atoms with Crippen LogP contribution in [0.15, 0.2) is 0 Å². The highest BCUT2D eigenvalue weighted by Gasteiger charge is 2.50. The van der Waals surface area contributed by atoms with E-state index in [4.69, 9.17) is 10.8 Å². The Bertz CT molecular complexity index is 347. The summed E-state index contributed by atoms with van der Waals surface area (Å²) in [6.45, 7) is 0.0164. The molecular weight excluding hydrogens is 218 g/mol. The van der Waals surface area contributed by atoms with Crippen molar-refractivity contribution in [1.82, 2.24) is 0 Å². The molecule has 0 bridgehead atoms. The fourth-order valence-electron chi connectivity index (χ4n) is 1.85. The van der Waals surface area contributed by atoms with Crippen LogP contribution in [-0.2, 0) is 14.6 Å². The second-order valence-electron chi connectivity index (χ2n) is 4.32. The van der Waals surface area contributed by atoms with Crippen LogP contribution < -0.4 is 5.73 Å². The molecule has 0 saturated heterocycles. The van der Waals surface area contributed by atoms with Crippen molar-refractivity contribution in [3.05, 3.63) is 0 Å². The molecular formula is C9H17NO4S. The van der Waals surface area contributed by atoms with E-state index in [9.17, 15) is 13.2 Å². The largest absolute Gasteiger partial charge is 0.481 e. The first-order valence-corrected chi connectivity index (χ1v) is 6.99. The lowest BCUT2D eigenvalue weighted by molar-refractivity contribution is -0.149. The van der Waals surface area contributed by atoms with Crippen molar-refractivity contribution in [1.29, 1.82) is 0 Å². The van der Waals surface area contributed by atoms with E-state index >= 15 is 0 Å². The van der Waals surface area contributed by atoms with Gasteiger partial charge in [0.2, 0.25) is 0 Å². The van der Waals surface area contributed by atoms with E-state index in [1.54, 1.807) is 0 Å². The third-order valence-electron chi connectivity index (χ3n) is 3.07. The number of hydrogen-bond acceptors (Lipinski definition) is 4. The van der Waals surface area contributed by atoms with Gasteiger partial charge in [-0.3, -0.25) is 4.79 Å². The molecule has 0 aromatic rings. The van der Waals surface area contributed by atoms with Crippen LogP contribution >= 0.6 is 0 Å². The highest BCUT2D eigenvalue weighted by Crippen LogP contribution is 2.47. The SMILES string of the molecule is CS(=O)(=O)CCC(CN)(C(=O)O)C1CC1. The minimum Gasteiger partial charge on any atom is -0.481 e. The van der Waals surface area contributed by atoms with Crippen LogP contribution in [0, 0.1) is 11.3 Å². The average molecular weight is 235 g/mol. The van der Waals surface area contributed by atoms with Crippen LogP contribution in [0.3, 0.4) is 0 Å². The van der Waals surface area contributed by atoms with Crippen molar-refractivity contribution in [3.63, 3.8) is 0 Å². The summed E-state index contributed by atoms with van der Waals surface area (Å²) in [4.78, 5) is 11.2. The van der Waals surface area contributed by atoms with Gasteiger partial charge in [-0.25, -0.2) is 8.42 Å². The lowest BCUT2D eigenvalue weighted by Gasteiger charge is -2.27. The number of nitrogens with two attached hydrogens (primary N) is 1. The van der Waals surface area contributed by atoms with Gasteiger partial charge < -0.3 is 10.8 Å². The molecule has 3 N–H and O–H groups in total.